The highest BCUT2D eigenvalue weighted by atomic mass is 19.1. The zero-order valence-corrected chi connectivity index (χ0v) is 18.6. The van der Waals surface area contributed by atoms with E-state index in [1.165, 1.54) is 6.07 Å². The molecule has 2 aromatic rings. The van der Waals surface area contributed by atoms with Crippen LogP contribution in [0.5, 0.6) is 0 Å². The molecule has 5 nitrogen and oxygen atoms in total. The first-order chi connectivity index (χ1) is 15.9. The zero-order chi connectivity index (χ0) is 23.2. The number of fused-ring (bicyclic) bond motifs is 1. The fraction of sp³-hybridized carbons (Fsp3) is 0.308. The van der Waals surface area contributed by atoms with Crippen LogP contribution in [-0.2, 0) is 6.42 Å². The molecule has 0 saturated carbocycles. The minimum Gasteiger partial charge on any atom is -0.355 e. The van der Waals surface area contributed by atoms with Gasteiger partial charge < -0.3 is 16.0 Å². The van der Waals surface area contributed by atoms with Crippen molar-refractivity contribution in [1.82, 2.24) is 15.2 Å². The first-order valence-electron chi connectivity index (χ1n) is 11.2. The molecule has 1 aromatic heterocycles. The summed E-state index contributed by atoms with van der Waals surface area (Å²) in [6.45, 7) is 6.77. The predicted octanol–water partition coefficient (Wildman–Crippen LogP) is 4.62. The Balaban J connectivity index is 1.45. The van der Waals surface area contributed by atoms with Crippen LogP contribution in [-0.4, -0.2) is 28.8 Å². The highest BCUT2D eigenvalue weighted by molar-refractivity contribution is 6.03. The summed E-state index contributed by atoms with van der Waals surface area (Å²) in [7, 11) is 0. The van der Waals surface area contributed by atoms with Crippen molar-refractivity contribution in [2.75, 3.05) is 13.1 Å². The molecule has 170 valence electrons. The predicted molar refractivity (Wildman–Crippen MR) is 126 cm³/mol. The number of allylic oxidation sites excluding steroid dienone is 3. The lowest BCUT2D eigenvalue weighted by Crippen LogP contribution is -2.48. The number of pyridine rings is 1. The summed E-state index contributed by atoms with van der Waals surface area (Å²) in [5.74, 6) is -0.397. The van der Waals surface area contributed by atoms with Crippen molar-refractivity contribution in [2.45, 2.75) is 32.2 Å². The van der Waals surface area contributed by atoms with Gasteiger partial charge in [0, 0.05) is 36.6 Å². The third-order valence-electron chi connectivity index (χ3n) is 7.17. The summed E-state index contributed by atoms with van der Waals surface area (Å²) in [6.07, 6.45) is 5.55. The number of nitrogens with two attached hydrogens (primary N) is 1. The molecule has 3 N–H and O–H groups in total. The van der Waals surface area contributed by atoms with E-state index in [1.807, 2.05) is 12.3 Å². The molecule has 3 aliphatic rings. The van der Waals surface area contributed by atoms with E-state index in [1.54, 1.807) is 25.1 Å². The molecule has 1 aliphatic carbocycles. The second kappa shape index (κ2) is 8.23. The molecule has 1 fully saturated rings. The van der Waals surface area contributed by atoms with E-state index in [0.717, 1.165) is 36.6 Å². The van der Waals surface area contributed by atoms with Gasteiger partial charge in [0.1, 0.15) is 17.3 Å². The van der Waals surface area contributed by atoms with Gasteiger partial charge in [-0.1, -0.05) is 24.8 Å². The number of nitrogens with one attached hydrogen (secondary N) is 1. The Bertz CT molecular complexity index is 1200. The maximum atomic E-state index is 14.9. The first-order valence-corrected chi connectivity index (χ1v) is 11.2. The van der Waals surface area contributed by atoms with Gasteiger partial charge in [0.25, 0.3) is 0 Å². The summed E-state index contributed by atoms with van der Waals surface area (Å²) >= 11 is 0. The molecule has 1 saturated heterocycles. The first kappa shape index (κ1) is 21.5. The van der Waals surface area contributed by atoms with Gasteiger partial charge in [-0.2, -0.15) is 0 Å². The zero-order valence-electron chi connectivity index (χ0n) is 18.6. The van der Waals surface area contributed by atoms with Gasteiger partial charge in [-0.25, -0.2) is 13.8 Å². The van der Waals surface area contributed by atoms with Gasteiger partial charge >= 0.3 is 0 Å². The summed E-state index contributed by atoms with van der Waals surface area (Å²) in [4.78, 5) is 11.4. The molecule has 2 aliphatic heterocycles. The van der Waals surface area contributed by atoms with E-state index in [2.05, 4.69) is 27.8 Å². The van der Waals surface area contributed by atoms with Gasteiger partial charge in [-0.3, -0.25) is 4.98 Å². The number of likely N-dealkylation sites (tertiary alicyclic amines) is 1. The largest absolute Gasteiger partial charge is 0.355 e. The quantitative estimate of drug-likeness (QED) is 0.705. The fourth-order valence-corrected chi connectivity index (χ4v) is 5.27. The van der Waals surface area contributed by atoms with Crippen molar-refractivity contribution in [2.24, 2.45) is 16.1 Å². The number of hydrogen-bond acceptors (Lipinski definition) is 5. The van der Waals surface area contributed by atoms with Crippen LogP contribution in [0.2, 0.25) is 0 Å². The molecule has 0 unspecified atom stereocenters. The molecule has 1 spiro atoms. The Morgan fingerprint density at radius 3 is 2.70 bits per heavy atom. The van der Waals surface area contributed by atoms with Crippen molar-refractivity contribution in [1.29, 1.82) is 0 Å². The van der Waals surface area contributed by atoms with E-state index in [4.69, 9.17) is 10.7 Å². The second-order valence-corrected chi connectivity index (χ2v) is 8.97. The molecule has 3 heterocycles. The van der Waals surface area contributed by atoms with Crippen LogP contribution in [0.15, 0.2) is 77.5 Å². The molecule has 5 rings (SSSR count). The SMILES string of the molecule is C=C/C(F)=C1\NC(c2ccccc2F)=C(C)N=C1N1CCC2(CC1)Cc1ncccc1[C@H]2N. The highest BCUT2D eigenvalue weighted by Crippen LogP contribution is 2.50. The molecule has 1 atom stereocenters. The Morgan fingerprint density at radius 2 is 2.00 bits per heavy atom. The molecule has 0 bridgehead atoms. The van der Waals surface area contributed by atoms with Crippen molar-refractivity contribution < 1.29 is 8.78 Å². The number of hydrogen-bond donors (Lipinski definition) is 2. The van der Waals surface area contributed by atoms with Crippen LogP contribution < -0.4 is 11.1 Å². The Kier molecular flexibility index (Phi) is 5.37. The lowest BCUT2D eigenvalue weighted by atomic mass is 9.73. The van der Waals surface area contributed by atoms with Gasteiger partial charge in [0.15, 0.2) is 5.84 Å². The Hall–Kier alpha value is -3.32. The molecular weight excluding hydrogens is 420 g/mol. The number of halogens is 2. The number of amidine groups is 1. The normalized spacial score (nSPS) is 23.2. The average Bonchev–Trinajstić information content (AvgIpc) is 3.10. The number of benzene rings is 1. The summed E-state index contributed by atoms with van der Waals surface area (Å²) in [5, 5.41) is 3.11. The van der Waals surface area contributed by atoms with Crippen LogP contribution in [0.25, 0.3) is 5.70 Å². The lowest BCUT2D eigenvalue weighted by Gasteiger charge is -2.44. The summed E-state index contributed by atoms with van der Waals surface area (Å²) in [6, 6.07) is 10.4. The summed E-state index contributed by atoms with van der Waals surface area (Å²) in [5.41, 5.74) is 10.5. The van der Waals surface area contributed by atoms with E-state index in [9.17, 15) is 8.78 Å². The molecule has 7 heteroatoms. The van der Waals surface area contributed by atoms with Gasteiger partial charge in [-0.15, -0.1) is 0 Å². The second-order valence-electron chi connectivity index (χ2n) is 8.97. The van der Waals surface area contributed by atoms with Gasteiger partial charge in [0.2, 0.25) is 0 Å². The number of rotatable bonds is 2. The van der Waals surface area contributed by atoms with Gasteiger partial charge in [-0.05, 0) is 61.4 Å². The molecule has 0 radical (unpaired) electrons. The van der Waals surface area contributed by atoms with Crippen LogP contribution in [0.1, 0.15) is 42.6 Å². The maximum Gasteiger partial charge on any atom is 0.155 e. The lowest BCUT2D eigenvalue weighted by molar-refractivity contribution is 0.127. The molecule has 1 aromatic carbocycles. The monoisotopic (exact) mass is 447 g/mol. The Morgan fingerprint density at radius 1 is 1.24 bits per heavy atom. The van der Waals surface area contributed by atoms with Crippen molar-refractivity contribution >= 4 is 11.5 Å². The third-order valence-corrected chi connectivity index (χ3v) is 7.17. The minimum absolute atomic E-state index is 0.0418. The van der Waals surface area contributed by atoms with E-state index < -0.39 is 5.83 Å². The maximum absolute atomic E-state index is 14.9. The minimum atomic E-state index is -0.524. The Labute approximate surface area is 192 Å². The van der Waals surface area contributed by atoms with Crippen molar-refractivity contribution in [3.63, 3.8) is 0 Å². The highest BCUT2D eigenvalue weighted by Gasteiger charge is 2.47. The van der Waals surface area contributed by atoms with E-state index in [0.29, 0.717) is 35.9 Å². The van der Waals surface area contributed by atoms with E-state index in [-0.39, 0.29) is 23.0 Å². The molecular formula is C26H27F2N5. The van der Waals surface area contributed by atoms with Crippen LogP contribution in [0.4, 0.5) is 8.78 Å². The number of aromatic nitrogens is 1. The topological polar surface area (TPSA) is 66.5 Å². The smallest absolute Gasteiger partial charge is 0.155 e. The molecule has 33 heavy (non-hydrogen) atoms. The van der Waals surface area contributed by atoms with Gasteiger partial charge in [0.05, 0.1) is 11.4 Å². The number of aliphatic imine (C=N–C) groups is 1. The van der Waals surface area contributed by atoms with Crippen LogP contribution in [0, 0.1) is 11.2 Å². The standard InChI is InChI=1S/C26H27F2N5/c1-3-19(27)23-25(31-16(2)22(32-23)17-7-4-5-9-20(17)28)33-13-10-26(11-14-33)15-21-18(24(26)29)8-6-12-30-21/h3-9,12,24,32H,1,10-11,13-15,29H2,2H3/b23-19+/t24-/m1/s1. The number of nitrogens with zero attached hydrogens (tertiary/aromatic N) is 3. The van der Waals surface area contributed by atoms with Crippen molar-refractivity contribution in [3.05, 3.63) is 95.1 Å². The van der Waals surface area contributed by atoms with Crippen molar-refractivity contribution in [3.8, 4) is 0 Å². The molecule has 0 amide bonds. The average molecular weight is 448 g/mol. The van der Waals surface area contributed by atoms with Crippen LogP contribution in [0.3, 0.4) is 0 Å². The number of piperidine rings is 1. The third kappa shape index (κ3) is 3.56. The van der Waals surface area contributed by atoms with Crippen LogP contribution >= 0.6 is 0 Å². The summed E-state index contributed by atoms with van der Waals surface area (Å²) < 4.78 is 29.4. The van der Waals surface area contributed by atoms with E-state index >= 15 is 0 Å². The fourth-order valence-electron chi connectivity index (χ4n) is 5.27.